The number of carboxylic acids is 3. The van der Waals surface area contributed by atoms with Crippen LogP contribution in [0, 0.1) is 0 Å². The smallest absolute Gasteiger partial charge is 0.548 e. The Balaban J connectivity index is -0.00000104. The first-order valence-electron chi connectivity index (χ1n) is 8.49. The van der Waals surface area contributed by atoms with Crippen molar-refractivity contribution in [1.29, 1.82) is 0 Å². The van der Waals surface area contributed by atoms with Crippen molar-refractivity contribution in [2.24, 2.45) is 0 Å². The molecule has 0 bridgehead atoms. The predicted molar refractivity (Wildman–Crippen MR) is 87.1 cm³/mol. The molecule has 0 fully saturated rings. The number of aliphatic hydroxyl groups excluding tert-OH is 1. The van der Waals surface area contributed by atoms with Gasteiger partial charge in [0, 0.05) is 37.8 Å². The quantitative estimate of drug-likeness (QED) is 0.238. The number of aliphatic carboxylic acids is 3. The molecule has 29 heavy (non-hydrogen) atoms. The van der Waals surface area contributed by atoms with E-state index in [1.54, 1.807) is 6.08 Å². The van der Waals surface area contributed by atoms with Crippen LogP contribution in [0.3, 0.4) is 0 Å². The Kier molecular flexibility index (Phi) is 23.2. The maximum absolute atomic E-state index is 11.2. The van der Waals surface area contributed by atoms with Crippen molar-refractivity contribution in [3.63, 3.8) is 0 Å². The van der Waals surface area contributed by atoms with Gasteiger partial charge >= 0.3 is 56.6 Å². The average molecular weight is 392 g/mol. The standard InChI is InChI=1S/C17H30N2O7.3Li/c1-5-6-7-14(20)10-18(11(2)15(21)22)8-9-19(12(3)16(23)24)13(4)17(25)26;;;/h6-7,11-14,20H,5,8-10H2,1-4H3,(H,21,22)(H,23,24)(H,25,26);;;/q;3*+1/p-3/b7-6+;;;. The van der Waals surface area contributed by atoms with E-state index in [9.17, 15) is 34.8 Å². The van der Waals surface area contributed by atoms with Crippen molar-refractivity contribution in [1.82, 2.24) is 9.80 Å². The molecule has 1 N–H and O–H groups in total. The Hall–Kier alpha value is -0.178. The largest absolute Gasteiger partial charge is 1.00 e. The third-order valence-electron chi connectivity index (χ3n) is 4.23. The number of aliphatic hydroxyl groups is 1. The van der Waals surface area contributed by atoms with Gasteiger partial charge in [0.1, 0.15) is 0 Å². The minimum Gasteiger partial charge on any atom is -0.548 e. The average Bonchev–Trinajstić information content (AvgIpc) is 2.57. The van der Waals surface area contributed by atoms with Crippen molar-refractivity contribution in [2.45, 2.75) is 58.3 Å². The van der Waals surface area contributed by atoms with Gasteiger partial charge in [-0.15, -0.1) is 0 Å². The summed E-state index contributed by atoms with van der Waals surface area (Å²) in [5.41, 5.74) is 0. The number of carbonyl (C=O) groups is 3. The van der Waals surface area contributed by atoms with Crippen molar-refractivity contribution >= 4 is 17.9 Å². The van der Waals surface area contributed by atoms with Crippen LogP contribution in [-0.2, 0) is 14.4 Å². The second kappa shape index (κ2) is 18.6. The molecule has 0 amide bonds. The molecule has 4 atom stereocenters. The van der Waals surface area contributed by atoms with Crippen molar-refractivity contribution < 1.29 is 91.4 Å². The molecule has 0 saturated heterocycles. The topological polar surface area (TPSA) is 147 Å². The predicted octanol–water partition coefficient (Wildman–Crippen LogP) is -12.7. The van der Waals surface area contributed by atoms with Crippen LogP contribution in [0.2, 0.25) is 0 Å². The molecule has 0 radical (unpaired) electrons. The van der Waals surface area contributed by atoms with E-state index in [0.717, 1.165) is 4.90 Å². The Bertz CT molecular complexity index is 503. The monoisotopic (exact) mass is 392 g/mol. The molecule has 0 aliphatic rings. The molecular formula is C17H27Li3N2O7. The number of carbonyl (C=O) groups excluding carboxylic acids is 3. The van der Waals surface area contributed by atoms with Crippen LogP contribution in [-0.4, -0.2) is 76.7 Å². The third-order valence-corrected chi connectivity index (χ3v) is 4.23. The molecule has 0 saturated carbocycles. The van der Waals surface area contributed by atoms with Crippen molar-refractivity contribution in [3.05, 3.63) is 12.2 Å². The Morgan fingerprint density at radius 2 is 1.28 bits per heavy atom. The van der Waals surface area contributed by atoms with E-state index in [-0.39, 0.29) is 76.2 Å². The van der Waals surface area contributed by atoms with Gasteiger partial charge in [-0.05, 0) is 27.2 Å². The van der Waals surface area contributed by atoms with E-state index in [0.29, 0.717) is 6.42 Å². The first-order valence-corrected chi connectivity index (χ1v) is 8.49. The molecule has 0 aromatic carbocycles. The summed E-state index contributed by atoms with van der Waals surface area (Å²) in [5, 5.41) is 43.4. The van der Waals surface area contributed by atoms with Crippen LogP contribution in [0.25, 0.3) is 0 Å². The second-order valence-electron chi connectivity index (χ2n) is 6.12. The SMILES string of the molecule is CC/C=C/C(O)CN(CCN(C(C)C(=O)[O-])C(C)C(=O)[O-])C(C)C(=O)[O-].[Li+].[Li+].[Li+]. The van der Waals surface area contributed by atoms with E-state index in [1.165, 1.54) is 31.7 Å². The molecule has 150 valence electrons. The fourth-order valence-corrected chi connectivity index (χ4v) is 2.42. The molecule has 0 aromatic heterocycles. The summed E-state index contributed by atoms with van der Waals surface area (Å²) in [7, 11) is 0. The van der Waals surface area contributed by atoms with Gasteiger partial charge in [-0.1, -0.05) is 19.1 Å². The van der Waals surface area contributed by atoms with Gasteiger partial charge in [0.05, 0.1) is 24.0 Å². The van der Waals surface area contributed by atoms with E-state index in [2.05, 4.69) is 0 Å². The zero-order chi connectivity index (χ0) is 20.4. The summed E-state index contributed by atoms with van der Waals surface area (Å²) in [4.78, 5) is 35.9. The zero-order valence-corrected chi connectivity index (χ0v) is 18.6. The van der Waals surface area contributed by atoms with Gasteiger partial charge in [0.15, 0.2) is 0 Å². The number of carboxylic acid groups (broad SMARTS) is 3. The summed E-state index contributed by atoms with van der Waals surface area (Å²) in [5.74, 6) is -4.27. The van der Waals surface area contributed by atoms with Crippen LogP contribution < -0.4 is 71.9 Å². The third kappa shape index (κ3) is 13.7. The number of nitrogens with zero attached hydrogens (tertiary/aromatic N) is 2. The molecule has 0 aliphatic carbocycles. The second-order valence-corrected chi connectivity index (χ2v) is 6.12. The van der Waals surface area contributed by atoms with Crippen LogP contribution in [0.5, 0.6) is 0 Å². The summed E-state index contributed by atoms with van der Waals surface area (Å²) in [6.07, 6.45) is 3.03. The Labute approximate surface area is 208 Å². The van der Waals surface area contributed by atoms with Gasteiger partial charge in [0.25, 0.3) is 0 Å². The summed E-state index contributed by atoms with van der Waals surface area (Å²) < 4.78 is 0. The van der Waals surface area contributed by atoms with E-state index < -0.39 is 42.1 Å². The van der Waals surface area contributed by atoms with Crippen LogP contribution in [0.1, 0.15) is 34.1 Å². The first kappa shape index (κ1) is 36.2. The number of hydrogen-bond donors (Lipinski definition) is 1. The van der Waals surface area contributed by atoms with Gasteiger partial charge in [-0.25, -0.2) is 0 Å². The maximum atomic E-state index is 11.2. The fraction of sp³-hybridized carbons (Fsp3) is 0.706. The molecular weight excluding hydrogens is 365 g/mol. The van der Waals surface area contributed by atoms with Crippen LogP contribution >= 0.6 is 0 Å². The normalized spacial score (nSPS) is 14.9. The molecule has 0 rings (SSSR count). The van der Waals surface area contributed by atoms with Gasteiger partial charge in [-0.3, -0.25) is 9.80 Å². The molecule has 0 aliphatic heterocycles. The molecule has 12 heteroatoms. The van der Waals surface area contributed by atoms with Crippen molar-refractivity contribution in [3.8, 4) is 0 Å². The fourth-order valence-electron chi connectivity index (χ4n) is 2.42. The molecule has 0 aromatic rings. The molecule has 4 unspecified atom stereocenters. The van der Waals surface area contributed by atoms with Gasteiger partial charge in [-0.2, -0.15) is 0 Å². The molecule has 0 heterocycles. The van der Waals surface area contributed by atoms with Crippen LogP contribution in [0.4, 0.5) is 0 Å². The van der Waals surface area contributed by atoms with E-state index in [4.69, 9.17) is 0 Å². The first-order chi connectivity index (χ1) is 12.0. The van der Waals surface area contributed by atoms with Gasteiger partial charge < -0.3 is 34.8 Å². The Morgan fingerprint density at radius 1 is 0.862 bits per heavy atom. The molecule has 9 nitrogen and oxygen atoms in total. The zero-order valence-electron chi connectivity index (χ0n) is 18.6. The minimum atomic E-state index is -1.46. The number of allylic oxidation sites excluding steroid dienone is 1. The number of hydrogen-bond acceptors (Lipinski definition) is 9. The minimum absolute atomic E-state index is 0. The van der Waals surface area contributed by atoms with E-state index >= 15 is 0 Å². The Morgan fingerprint density at radius 3 is 1.62 bits per heavy atom. The van der Waals surface area contributed by atoms with Crippen LogP contribution in [0.15, 0.2) is 12.2 Å². The summed E-state index contributed by atoms with van der Waals surface area (Å²) in [6.45, 7) is 5.71. The number of rotatable bonds is 13. The summed E-state index contributed by atoms with van der Waals surface area (Å²) >= 11 is 0. The van der Waals surface area contributed by atoms with E-state index in [1.807, 2.05) is 6.92 Å². The summed E-state index contributed by atoms with van der Waals surface area (Å²) in [6, 6.07) is -3.49. The van der Waals surface area contributed by atoms with Crippen molar-refractivity contribution in [2.75, 3.05) is 19.6 Å². The maximum Gasteiger partial charge on any atom is 1.00 e. The molecule has 0 spiro atoms. The van der Waals surface area contributed by atoms with Gasteiger partial charge in [0.2, 0.25) is 0 Å².